The quantitative estimate of drug-likeness (QED) is 0.280. The molecule has 1 aliphatic heterocycles. The number of piperazine rings is 1. The third-order valence-electron chi connectivity index (χ3n) is 8.56. The Bertz CT molecular complexity index is 1500. The Kier molecular flexibility index (Phi) is 9.75. The van der Waals surface area contributed by atoms with Crippen LogP contribution in [0.2, 0.25) is 0 Å². The lowest BCUT2D eigenvalue weighted by molar-refractivity contribution is 0.0628. The number of carbonyl (C=O) groups excluding carboxylic acids is 1. The second-order valence-corrected chi connectivity index (χ2v) is 12.9. The van der Waals surface area contributed by atoms with Gasteiger partial charge in [0.05, 0.1) is 5.69 Å². The lowest BCUT2D eigenvalue weighted by Gasteiger charge is -2.35. The van der Waals surface area contributed by atoms with Crippen molar-refractivity contribution in [2.24, 2.45) is 4.99 Å². The van der Waals surface area contributed by atoms with Gasteiger partial charge in [0.1, 0.15) is 4.90 Å². The van der Waals surface area contributed by atoms with Gasteiger partial charge in [-0.1, -0.05) is 62.6 Å². The van der Waals surface area contributed by atoms with Gasteiger partial charge in [0.2, 0.25) is 0 Å². The first kappa shape index (κ1) is 30.0. The van der Waals surface area contributed by atoms with E-state index in [1.807, 2.05) is 24.0 Å². The van der Waals surface area contributed by atoms with E-state index in [-0.39, 0.29) is 10.8 Å². The van der Waals surface area contributed by atoms with E-state index in [0.29, 0.717) is 35.9 Å². The van der Waals surface area contributed by atoms with Crippen LogP contribution in [-0.4, -0.2) is 56.5 Å². The number of amides is 1. The van der Waals surface area contributed by atoms with Gasteiger partial charge in [-0.15, -0.1) is 0 Å². The first-order chi connectivity index (χ1) is 20.4. The summed E-state index contributed by atoms with van der Waals surface area (Å²) in [5.74, 6) is 0.296. The number of carbonyl (C=O) groups is 1. The number of benzene rings is 3. The molecule has 0 atom stereocenters. The van der Waals surface area contributed by atoms with Crippen LogP contribution in [0, 0.1) is 0 Å². The lowest BCUT2D eigenvalue weighted by atomic mass is 9.83. The molecule has 8 heteroatoms. The van der Waals surface area contributed by atoms with E-state index in [4.69, 9.17) is 0 Å². The lowest BCUT2D eigenvalue weighted by Crippen LogP contribution is -2.48. The molecular weight excluding hydrogens is 544 g/mol. The van der Waals surface area contributed by atoms with Crippen molar-refractivity contribution < 1.29 is 13.2 Å². The number of rotatable bonds is 9. The number of nitrogens with zero attached hydrogens (tertiary/aromatic N) is 3. The summed E-state index contributed by atoms with van der Waals surface area (Å²) in [5, 5.41) is 0. The van der Waals surface area contributed by atoms with Crippen LogP contribution in [0.3, 0.4) is 0 Å². The maximum Gasteiger partial charge on any atom is 0.264 e. The normalized spacial score (nSPS) is 17.0. The van der Waals surface area contributed by atoms with Crippen molar-refractivity contribution in [2.45, 2.75) is 69.7 Å². The molecule has 7 nitrogen and oxygen atoms in total. The molecule has 0 aromatic heterocycles. The highest BCUT2D eigenvalue weighted by Crippen LogP contribution is 2.40. The number of hydrogen-bond donors (Lipinski definition) is 1. The zero-order valence-corrected chi connectivity index (χ0v) is 25.6. The van der Waals surface area contributed by atoms with Crippen molar-refractivity contribution in [3.05, 3.63) is 89.0 Å². The van der Waals surface area contributed by atoms with Crippen molar-refractivity contribution in [1.29, 1.82) is 0 Å². The number of nitrogens with one attached hydrogen (secondary N) is 1. The molecule has 1 amide bonds. The monoisotopic (exact) mass is 586 g/mol. The predicted molar refractivity (Wildman–Crippen MR) is 170 cm³/mol. The Labute approximate surface area is 250 Å². The molecule has 3 aromatic rings. The van der Waals surface area contributed by atoms with Gasteiger partial charge in [0.15, 0.2) is 0 Å². The highest BCUT2D eigenvalue weighted by Gasteiger charge is 2.26. The zero-order valence-electron chi connectivity index (χ0n) is 24.8. The molecule has 3 aromatic carbocycles. The van der Waals surface area contributed by atoms with E-state index in [9.17, 15) is 13.2 Å². The average molecular weight is 587 g/mol. The van der Waals surface area contributed by atoms with E-state index in [2.05, 4.69) is 45.8 Å². The number of hydrogen-bond acceptors (Lipinski definition) is 5. The summed E-state index contributed by atoms with van der Waals surface area (Å²) in [6, 6.07) is 20.7. The predicted octanol–water partition coefficient (Wildman–Crippen LogP) is 6.78. The van der Waals surface area contributed by atoms with Gasteiger partial charge in [-0.2, -0.15) is 0 Å². The van der Waals surface area contributed by atoms with Crippen LogP contribution in [0.1, 0.15) is 78.9 Å². The van der Waals surface area contributed by atoms with E-state index in [1.54, 1.807) is 36.5 Å². The molecule has 0 unspecified atom stereocenters. The standard InChI is InChI=1S/C34H42N4O3S/c1-3-26-11-8-9-14-29(26)25-37-21-23-38(24-22-37)34(39)28-17-19-30(20-18-28)36-42(40,41)32-16-10-15-31(33(32)35-4-2)27-12-6-5-7-13-27/h4,8-11,14-20,27,36H,3,5-7,12-13,21-25H2,1-2H3. The van der Waals surface area contributed by atoms with Crippen LogP contribution in [0.25, 0.3) is 0 Å². The Hall–Kier alpha value is -3.49. The topological polar surface area (TPSA) is 82.1 Å². The van der Waals surface area contributed by atoms with E-state index >= 15 is 0 Å². The Balaban J connectivity index is 1.23. The maximum absolute atomic E-state index is 13.5. The SMILES string of the molecule is CC=Nc1c(C2CCCCC2)cccc1S(=O)(=O)Nc1ccc(C(=O)N2CCN(Cc3ccccc3CC)CC2)cc1. The summed E-state index contributed by atoms with van der Waals surface area (Å²) in [6.07, 6.45) is 8.32. The third-order valence-corrected chi connectivity index (χ3v) is 9.97. The number of aliphatic imine (C=N–C) groups is 1. The molecule has 1 saturated heterocycles. The van der Waals surface area contributed by atoms with Crippen molar-refractivity contribution in [1.82, 2.24) is 9.80 Å². The number of anilines is 1. The molecule has 1 N–H and O–H groups in total. The highest BCUT2D eigenvalue weighted by molar-refractivity contribution is 7.92. The minimum Gasteiger partial charge on any atom is -0.336 e. The molecule has 1 heterocycles. The van der Waals surface area contributed by atoms with Crippen molar-refractivity contribution in [3.8, 4) is 0 Å². The first-order valence-electron chi connectivity index (χ1n) is 15.2. The van der Waals surface area contributed by atoms with Crippen LogP contribution in [0.15, 0.2) is 76.6 Å². The summed E-state index contributed by atoms with van der Waals surface area (Å²) in [7, 11) is -3.88. The maximum atomic E-state index is 13.5. The smallest absolute Gasteiger partial charge is 0.264 e. The van der Waals surface area contributed by atoms with Gasteiger partial charge in [-0.05, 0) is 79.1 Å². The molecule has 5 rings (SSSR count). The van der Waals surface area contributed by atoms with Gasteiger partial charge < -0.3 is 4.90 Å². The summed E-state index contributed by atoms with van der Waals surface area (Å²) >= 11 is 0. The van der Waals surface area contributed by atoms with Crippen LogP contribution in [0.4, 0.5) is 11.4 Å². The second kappa shape index (κ2) is 13.7. The number of sulfonamides is 1. The van der Waals surface area contributed by atoms with Crippen LogP contribution in [0.5, 0.6) is 0 Å². The van der Waals surface area contributed by atoms with Gasteiger partial charge >= 0.3 is 0 Å². The fraction of sp³-hybridized carbons (Fsp3) is 0.412. The Morgan fingerprint density at radius 3 is 2.26 bits per heavy atom. The molecular formula is C34H42N4O3S. The molecule has 0 radical (unpaired) electrons. The number of para-hydroxylation sites is 1. The zero-order chi connectivity index (χ0) is 29.5. The molecule has 0 bridgehead atoms. The number of aryl methyl sites for hydroxylation is 1. The molecule has 0 spiro atoms. The summed E-state index contributed by atoms with van der Waals surface area (Å²) in [5.41, 5.74) is 5.23. The molecule has 2 fully saturated rings. The summed E-state index contributed by atoms with van der Waals surface area (Å²) in [4.78, 5) is 22.2. The fourth-order valence-corrected chi connectivity index (χ4v) is 7.49. The van der Waals surface area contributed by atoms with Crippen LogP contribution < -0.4 is 4.72 Å². The van der Waals surface area contributed by atoms with Crippen molar-refractivity contribution in [2.75, 3.05) is 30.9 Å². The summed E-state index contributed by atoms with van der Waals surface area (Å²) < 4.78 is 29.8. The van der Waals surface area contributed by atoms with E-state index < -0.39 is 10.0 Å². The minimum absolute atomic E-state index is 0.0298. The van der Waals surface area contributed by atoms with Gasteiger partial charge in [-0.3, -0.25) is 19.4 Å². The van der Waals surface area contributed by atoms with Gasteiger partial charge in [0, 0.05) is 50.2 Å². The average Bonchev–Trinajstić information content (AvgIpc) is 3.02. The molecule has 1 aliphatic carbocycles. The van der Waals surface area contributed by atoms with Crippen LogP contribution in [-0.2, 0) is 23.0 Å². The molecule has 42 heavy (non-hydrogen) atoms. The summed E-state index contributed by atoms with van der Waals surface area (Å²) in [6.45, 7) is 7.87. The molecule has 222 valence electrons. The third kappa shape index (κ3) is 6.93. The molecule has 1 saturated carbocycles. The van der Waals surface area contributed by atoms with Crippen molar-refractivity contribution in [3.63, 3.8) is 0 Å². The van der Waals surface area contributed by atoms with Crippen LogP contribution >= 0.6 is 0 Å². The largest absolute Gasteiger partial charge is 0.336 e. The molecule has 2 aliphatic rings. The van der Waals surface area contributed by atoms with Crippen molar-refractivity contribution >= 4 is 33.5 Å². The highest BCUT2D eigenvalue weighted by atomic mass is 32.2. The van der Waals surface area contributed by atoms with E-state index in [0.717, 1.165) is 57.3 Å². The minimum atomic E-state index is -3.88. The Morgan fingerprint density at radius 2 is 1.60 bits per heavy atom. The second-order valence-electron chi connectivity index (χ2n) is 11.3. The fourth-order valence-electron chi connectivity index (χ4n) is 6.25. The Morgan fingerprint density at radius 1 is 0.905 bits per heavy atom. The first-order valence-corrected chi connectivity index (χ1v) is 16.7. The van der Waals surface area contributed by atoms with Gasteiger partial charge in [-0.25, -0.2) is 8.42 Å². The van der Waals surface area contributed by atoms with E-state index in [1.165, 1.54) is 17.5 Å². The van der Waals surface area contributed by atoms with Gasteiger partial charge in [0.25, 0.3) is 15.9 Å².